The van der Waals surface area contributed by atoms with E-state index in [4.69, 9.17) is 0 Å². The van der Waals surface area contributed by atoms with E-state index in [0.29, 0.717) is 11.5 Å². The van der Waals surface area contributed by atoms with Crippen LogP contribution in [0.5, 0.6) is 0 Å². The summed E-state index contributed by atoms with van der Waals surface area (Å²) in [5, 5.41) is 0. The van der Waals surface area contributed by atoms with Gasteiger partial charge in [-0.1, -0.05) is 48.0 Å². The molecule has 21 heavy (non-hydrogen) atoms. The number of anilines is 1. The zero-order valence-electron chi connectivity index (χ0n) is 14.8. The van der Waals surface area contributed by atoms with Crippen LogP contribution in [0.4, 0.5) is 5.95 Å². The molecule has 120 valence electrons. The number of hydrogen-bond donors (Lipinski definition) is 0. The molecule has 0 saturated carbocycles. The average Bonchev–Trinajstić information content (AvgIpc) is 2.44. The third-order valence-electron chi connectivity index (χ3n) is 3.97. The van der Waals surface area contributed by atoms with Crippen LogP contribution in [0, 0.1) is 5.41 Å². The average molecular weight is 291 g/mol. The first-order valence-electron chi connectivity index (χ1n) is 8.48. The van der Waals surface area contributed by atoms with Crippen molar-refractivity contribution in [2.75, 3.05) is 11.4 Å². The summed E-state index contributed by atoms with van der Waals surface area (Å²) in [7, 11) is 0. The molecule has 0 amide bonds. The van der Waals surface area contributed by atoms with E-state index < -0.39 is 0 Å². The summed E-state index contributed by atoms with van der Waals surface area (Å²) in [5.41, 5.74) is 1.58. The van der Waals surface area contributed by atoms with Gasteiger partial charge in [0, 0.05) is 25.0 Å². The van der Waals surface area contributed by atoms with Crippen LogP contribution in [0.2, 0.25) is 0 Å². The largest absolute Gasteiger partial charge is 0.338 e. The van der Waals surface area contributed by atoms with E-state index >= 15 is 0 Å². The third-order valence-corrected chi connectivity index (χ3v) is 3.97. The van der Waals surface area contributed by atoms with Crippen LogP contribution < -0.4 is 4.90 Å². The highest BCUT2D eigenvalue weighted by Crippen LogP contribution is 2.23. The lowest BCUT2D eigenvalue weighted by Crippen LogP contribution is -2.38. The van der Waals surface area contributed by atoms with Crippen LogP contribution >= 0.6 is 0 Å². The molecular weight excluding hydrogens is 258 g/mol. The van der Waals surface area contributed by atoms with Crippen molar-refractivity contribution in [3.05, 3.63) is 18.0 Å². The van der Waals surface area contributed by atoms with Crippen molar-refractivity contribution in [3.63, 3.8) is 0 Å². The van der Waals surface area contributed by atoms with Crippen molar-refractivity contribution in [2.45, 2.75) is 79.7 Å². The van der Waals surface area contributed by atoms with Gasteiger partial charge in [-0.3, -0.25) is 0 Å². The normalized spacial score (nSPS) is 12.0. The highest BCUT2D eigenvalue weighted by Gasteiger charge is 2.21. The van der Waals surface area contributed by atoms with Crippen LogP contribution in [-0.2, 0) is 6.42 Å². The molecule has 1 rings (SSSR count). The lowest BCUT2D eigenvalue weighted by atomic mass is 9.92. The molecule has 1 aromatic heterocycles. The Bertz CT molecular complexity index is 388. The Kier molecular flexibility index (Phi) is 7.13. The molecule has 0 spiro atoms. The molecule has 0 unspecified atom stereocenters. The van der Waals surface area contributed by atoms with Crippen LogP contribution in [0.3, 0.4) is 0 Å². The molecule has 1 aromatic rings. The molecule has 0 radical (unpaired) electrons. The first kappa shape index (κ1) is 17.9. The smallest absolute Gasteiger partial charge is 0.225 e. The van der Waals surface area contributed by atoms with Crippen molar-refractivity contribution in [3.8, 4) is 0 Å². The Morgan fingerprint density at radius 2 is 1.62 bits per heavy atom. The lowest BCUT2D eigenvalue weighted by molar-refractivity contribution is 0.367. The minimum absolute atomic E-state index is 0.340. The minimum Gasteiger partial charge on any atom is -0.338 e. The fourth-order valence-corrected chi connectivity index (χ4v) is 2.55. The number of aryl methyl sites for hydroxylation is 1. The number of nitrogens with zero attached hydrogens (tertiary/aromatic N) is 3. The van der Waals surface area contributed by atoms with Crippen molar-refractivity contribution >= 4 is 5.95 Å². The van der Waals surface area contributed by atoms with Gasteiger partial charge in [0.1, 0.15) is 0 Å². The molecule has 0 aliphatic heterocycles. The van der Waals surface area contributed by atoms with Gasteiger partial charge in [0.15, 0.2) is 0 Å². The van der Waals surface area contributed by atoms with Crippen LogP contribution in [-0.4, -0.2) is 22.6 Å². The predicted octanol–water partition coefficient (Wildman–Crippen LogP) is 4.86. The molecule has 0 saturated heterocycles. The molecular formula is C18H33N3. The van der Waals surface area contributed by atoms with E-state index in [1.807, 2.05) is 12.4 Å². The van der Waals surface area contributed by atoms with E-state index in [0.717, 1.165) is 44.6 Å². The number of rotatable bonds is 8. The molecule has 3 heteroatoms. The molecule has 0 fully saturated rings. The zero-order chi connectivity index (χ0) is 15.9. The molecule has 0 bridgehead atoms. The Morgan fingerprint density at radius 1 is 1.05 bits per heavy atom. The van der Waals surface area contributed by atoms with Crippen LogP contribution in [0.15, 0.2) is 12.4 Å². The van der Waals surface area contributed by atoms with Gasteiger partial charge in [0.05, 0.1) is 0 Å². The standard InChI is InChI=1S/C18H33N3/c1-7-10-15-13-19-17(20-14-15)21(16(8-2)9-3)12-11-18(4,5)6/h13-14,16H,7-12H2,1-6H3. The van der Waals surface area contributed by atoms with Gasteiger partial charge in [0.25, 0.3) is 0 Å². The van der Waals surface area contributed by atoms with Gasteiger partial charge in [0.2, 0.25) is 5.95 Å². The molecule has 0 aliphatic rings. The summed E-state index contributed by atoms with van der Waals surface area (Å²) in [6, 6.07) is 0.532. The molecule has 0 N–H and O–H groups in total. The first-order valence-corrected chi connectivity index (χ1v) is 8.48. The van der Waals surface area contributed by atoms with E-state index in [9.17, 15) is 0 Å². The minimum atomic E-state index is 0.340. The zero-order valence-corrected chi connectivity index (χ0v) is 14.8. The predicted molar refractivity (Wildman–Crippen MR) is 91.8 cm³/mol. The SMILES string of the molecule is CCCc1cnc(N(CCC(C)(C)C)C(CC)CC)nc1. The van der Waals surface area contributed by atoms with Gasteiger partial charge >= 0.3 is 0 Å². The van der Waals surface area contributed by atoms with Gasteiger partial charge in [-0.15, -0.1) is 0 Å². The van der Waals surface area contributed by atoms with Gasteiger partial charge in [-0.2, -0.15) is 0 Å². The van der Waals surface area contributed by atoms with Crippen molar-refractivity contribution < 1.29 is 0 Å². The van der Waals surface area contributed by atoms with Gasteiger partial charge < -0.3 is 4.90 Å². The van der Waals surface area contributed by atoms with Gasteiger partial charge in [-0.05, 0) is 36.7 Å². The van der Waals surface area contributed by atoms with E-state index in [2.05, 4.69) is 56.4 Å². The summed E-state index contributed by atoms with van der Waals surface area (Å²) < 4.78 is 0. The summed E-state index contributed by atoms with van der Waals surface area (Å²) in [5.74, 6) is 0.896. The second kappa shape index (κ2) is 8.35. The maximum atomic E-state index is 4.63. The molecule has 1 heterocycles. The molecule has 3 nitrogen and oxygen atoms in total. The summed E-state index contributed by atoms with van der Waals surface area (Å²) in [4.78, 5) is 11.7. The van der Waals surface area contributed by atoms with E-state index in [1.165, 1.54) is 5.56 Å². The number of hydrogen-bond acceptors (Lipinski definition) is 3. The highest BCUT2D eigenvalue weighted by molar-refractivity contribution is 5.31. The molecule has 0 aromatic carbocycles. The first-order chi connectivity index (χ1) is 9.91. The monoisotopic (exact) mass is 291 g/mol. The maximum absolute atomic E-state index is 4.63. The van der Waals surface area contributed by atoms with Crippen LogP contribution in [0.25, 0.3) is 0 Å². The second-order valence-corrected chi connectivity index (χ2v) is 7.12. The Morgan fingerprint density at radius 3 is 2.05 bits per heavy atom. The lowest BCUT2D eigenvalue weighted by Gasteiger charge is -2.33. The topological polar surface area (TPSA) is 29.0 Å². The fourth-order valence-electron chi connectivity index (χ4n) is 2.55. The van der Waals surface area contributed by atoms with Crippen LogP contribution in [0.1, 0.15) is 72.8 Å². The summed E-state index contributed by atoms with van der Waals surface area (Å²) in [6.07, 6.45) is 9.64. The van der Waals surface area contributed by atoms with E-state index in [1.54, 1.807) is 0 Å². The van der Waals surface area contributed by atoms with Crippen molar-refractivity contribution in [1.29, 1.82) is 0 Å². The molecule has 0 aliphatic carbocycles. The quantitative estimate of drug-likeness (QED) is 0.685. The Hall–Kier alpha value is -1.12. The van der Waals surface area contributed by atoms with Gasteiger partial charge in [-0.25, -0.2) is 9.97 Å². The highest BCUT2D eigenvalue weighted by atomic mass is 15.3. The Labute approximate surface area is 131 Å². The fraction of sp³-hybridized carbons (Fsp3) is 0.778. The Balaban J connectivity index is 2.88. The third kappa shape index (κ3) is 6.03. The second-order valence-electron chi connectivity index (χ2n) is 7.12. The van der Waals surface area contributed by atoms with Crippen molar-refractivity contribution in [2.24, 2.45) is 5.41 Å². The maximum Gasteiger partial charge on any atom is 0.225 e. The number of aromatic nitrogens is 2. The van der Waals surface area contributed by atoms with Crippen molar-refractivity contribution in [1.82, 2.24) is 9.97 Å². The molecule has 0 atom stereocenters. The van der Waals surface area contributed by atoms with E-state index in [-0.39, 0.29) is 0 Å². The summed E-state index contributed by atoms with van der Waals surface area (Å²) >= 11 is 0. The summed E-state index contributed by atoms with van der Waals surface area (Å²) in [6.45, 7) is 14.6.